The lowest BCUT2D eigenvalue weighted by Crippen LogP contribution is -2.44. The lowest BCUT2D eigenvalue weighted by molar-refractivity contribution is -0.161. The van der Waals surface area contributed by atoms with Crippen molar-refractivity contribution in [1.82, 2.24) is 4.90 Å². The van der Waals surface area contributed by atoms with Gasteiger partial charge in [0.2, 0.25) is 0 Å². The summed E-state index contributed by atoms with van der Waals surface area (Å²) < 4.78 is 4.82. The van der Waals surface area contributed by atoms with E-state index in [2.05, 4.69) is 13.8 Å². The molecule has 18 heavy (non-hydrogen) atoms. The number of ether oxygens (including phenoxy) is 1. The summed E-state index contributed by atoms with van der Waals surface area (Å²) in [5, 5.41) is 0. The van der Waals surface area contributed by atoms with Gasteiger partial charge in [-0.25, -0.2) is 4.79 Å². The molecule has 1 saturated carbocycles. The quantitative estimate of drug-likeness (QED) is 0.559. The van der Waals surface area contributed by atoms with Crippen LogP contribution in [0.5, 0.6) is 0 Å². The molecule has 0 unspecified atom stereocenters. The van der Waals surface area contributed by atoms with E-state index in [1.807, 2.05) is 0 Å². The van der Waals surface area contributed by atoms with Crippen molar-refractivity contribution in [3.8, 4) is 0 Å². The van der Waals surface area contributed by atoms with Gasteiger partial charge in [0, 0.05) is 12.6 Å². The highest BCUT2D eigenvalue weighted by Crippen LogP contribution is 2.24. The van der Waals surface area contributed by atoms with Gasteiger partial charge in [-0.15, -0.1) is 0 Å². The van der Waals surface area contributed by atoms with Crippen molar-refractivity contribution in [2.75, 3.05) is 13.2 Å². The number of carbonyl (C=O) groups is 2. The third-order valence-corrected chi connectivity index (χ3v) is 3.42. The first-order chi connectivity index (χ1) is 8.56. The standard InChI is InChI=1S/C14H25NO3/c1-4-18-14(17)13(16)15(10-9-11(2)3)12-7-5-6-8-12/h11-12H,4-10H2,1-3H3. The highest BCUT2D eigenvalue weighted by Gasteiger charge is 2.31. The third-order valence-electron chi connectivity index (χ3n) is 3.42. The average Bonchev–Trinajstić information content (AvgIpc) is 2.82. The van der Waals surface area contributed by atoms with Crippen LogP contribution in [-0.2, 0) is 14.3 Å². The Hall–Kier alpha value is -1.06. The highest BCUT2D eigenvalue weighted by atomic mass is 16.5. The second kappa shape index (κ2) is 7.39. The Labute approximate surface area is 110 Å². The fraction of sp³-hybridized carbons (Fsp3) is 0.857. The van der Waals surface area contributed by atoms with Gasteiger partial charge in [0.25, 0.3) is 0 Å². The van der Waals surface area contributed by atoms with Crippen LogP contribution >= 0.6 is 0 Å². The molecule has 1 aliphatic carbocycles. The van der Waals surface area contributed by atoms with Gasteiger partial charge < -0.3 is 9.64 Å². The van der Waals surface area contributed by atoms with Crippen molar-refractivity contribution >= 4 is 11.9 Å². The Morgan fingerprint density at radius 3 is 2.39 bits per heavy atom. The second-order valence-corrected chi connectivity index (χ2v) is 5.34. The van der Waals surface area contributed by atoms with Gasteiger partial charge in [0.05, 0.1) is 6.61 Å². The summed E-state index contributed by atoms with van der Waals surface area (Å²) in [6, 6.07) is 0.237. The van der Waals surface area contributed by atoms with Crippen molar-refractivity contribution in [1.29, 1.82) is 0 Å². The number of hydrogen-bond acceptors (Lipinski definition) is 3. The Bertz CT molecular complexity index is 283. The lowest BCUT2D eigenvalue weighted by Gasteiger charge is -2.28. The van der Waals surface area contributed by atoms with Gasteiger partial charge in [-0.2, -0.15) is 0 Å². The summed E-state index contributed by atoms with van der Waals surface area (Å²) in [5.74, 6) is -0.624. The van der Waals surface area contributed by atoms with E-state index in [-0.39, 0.29) is 12.6 Å². The van der Waals surface area contributed by atoms with Gasteiger partial charge in [0.1, 0.15) is 0 Å². The summed E-state index contributed by atoms with van der Waals surface area (Å²) in [7, 11) is 0. The summed E-state index contributed by atoms with van der Waals surface area (Å²) >= 11 is 0. The number of hydrogen-bond donors (Lipinski definition) is 0. The van der Waals surface area contributed by atoms with Crippen LogP contribution in [0.2, 0.25) is 0 Å². The van der Waals surface area contributed by atoms with Crippen LogP contribution < -0.4 is 0 Å². The first-order valence-electron chi connectivity index (χ1n) is 7.04. The van der Waals surface area contributed by atoms with Crippen LogP contribution in [0.4, 0.5) is 0 Å². The minimum absolute atomic E-state index is 0.237. The number of rotatable bonds is 5. The molecule has 1 fully saturated rings. The molecular weight excluding hydrogens is 230 g/mol. The van der Waals surface area contributed by atoms with E-state index in [0.717, 1.165) is 32.1 Å². The zero-order valence-electron chi connectivity index (χ0n) is 11.8. The first kappa shape index (κ1) is 15.0. The minimum Gasteiger partial charge on any atom is -0.459 e. The van der Waals surface area contributed by atoms with Crippen molar-refractivity contribution < 1.29 is 14.3 Å². The molecule has 0 aromatic carbocycles. The Morgan fingerprint density at radius 1 is 1.28 bits per heavy atom. The monoisotopic (exact) mass is 255 g/mol. The molecule has 0 saturated heterocycles. The molecule has 0 aromatic rings. The van der Waals surface area contributed by atoms with E-state index in [1.165, 1.54) is 0 Å². The van der Waals surface area contributed by atoms with E-state index in [4.69, 9.17) is 4.74 Å². The molecular formula is C14H25NO3. The predicted octanol–water partition coefficient (Wildman–Crippen LogP) is 2.37. The summed E-state index contributed by atoms with van der Waals surface area (Å²) in [6.45, 7) is 6.90. The summed E-state index contributed by atoms with van der Waals surface area (Å²) in [4.78, 5) is 25.4. The van der Waals surface area contributed by atoms with Crippen molar-refractivity contribution in [3.63, 3.8) is 0 Å². The number of nitrogens with zero attached hydrogens (tertiary/aromatic N) is 1. The summed E-state index contributed by atoms with van der Waals surface area (Å²) in [5.41, 5.74) is 0. The molecule has 0 spiro atoms. The molecule has 1 rings (SSSR count). The van der Waals surface area contributed by atoms with Crippen LogP contribution in [-0.4, -0.2) is 36.0 Å². The number of esters is 1. The smallest absolute Gasteiger partial charge is 0.397 e. The molecule has 4 nitrogen and oxygen atoms in total. The molecule has 0 N–H and O–H groups in total. The molecule has 0 heterocycles. The molecule has 0 atom stereocenters. The lowest BCUT2D eigenvalue weighted by atomic mass is 10.1. The predicted molar refractivity (Wildman–Crippen MR) is 70.1 cm³/mol. The fourth-order valence-electron chi connectivity index (χ4n) is 2.37. The Morgan fingerprint density at radius 2 is 1.89 bits per heavy atom. The van der Waals surface area contributed by atoms with E-state index >= 15 is 0 Å². The maximum atomic E-state index is 12.1. The van der Waals surface area contributed by atoms with Crippen LogP contribution in [0.3, 0.4) is 0 Å². The van der Waals surface area contributed by atoms with Crippen molar-refractivity contribution in [3.05, 3.63) is 0 Å². The zero-order chi connectivity index (χ0) is 13.5. The largest absolute Gasteiger partial charge is 0.459 e. The maximum Gasteiger partial charge on any atom is 0.397 e. The third kappa shape index (κ3) is 4.31. The Kier molecular flexibility index (Phi) is 6.16. The molecule has 104 valence electrons. The molecule has 1 amide bonds. The maximum absolute atomic E-state index is 12.1. The number of carbonyl (C=O) groups excluding carboxylic acids is 2. The van der Waals surface area contributed by atoms with Crippen LogP contribution in [0.25, 0.3) is 0 Å². The van der Waals surface area contributed by atoms with E-state index < -0.39 is 11.9 Å². The van der Waals surface area contributed by atoms with E-state index in [1.54, 1.807) is 11.8 Å². The minimum atomic E-state index is -0.701. The molecule has 4 heteroatoms. The van der Waals surface area contributed by atoms with Gasteiger partial charge in [-0.1, -0.05) is 26.7 Å². The SMILES string of the molecule is CCOC(=O)C(=O)N(CCC(C)C)C1CCCC1. The Balaban J connectivity index is 2.63. The van der Waals surface area contributed by atoms with Gasteiger partial charge in [0.15, 0.2) is 0 Å². The van der Waals surface area contributed by atoms with Crippen molar-refractivity contribution in [2.45, 2.75) is 58.9 Å². The molecule has 0 bridgehead atoms. The molecule has 0 radical (unpaired) electrons. The van der Waals surface area contributed by atoms with E-state index in [9.17, 15) is 9.59 Å². The van der Waals surface area contributed by atoms with Crippen molar-refractivity contribution in [2.24, 2.45) is 5.92 Å². The molecule has 1 aliphatic rings. The first-order valence-corrected chi connectivity index (χ1v) is 7.04. The zero-order valence-corrected chi connectivity index (χ0v) is 11.8. The second-order valence-electron chi connectivity index (χ2n) is 5.34. The van der Waals surface area contributed by atoms with Gasteiger partial charge in [-0.05, 0) is 32.1 Å². The topological polar surface area (TPSA) is 46.6 Å². The van der Waals surface area contributed by atoms with Crippen LogP contribution in [0, 0.1) is 5.92 Å². The van der Waals surface area contributed by atoms with E-state index in [0.29, 0.717) is 12.5 Å². The normalized spacial score (nSPS) is 16.0. The molecule has 0 aliphatic heterocycles. The highest BCUT2D eigenvalue weighted by molar-refractivity contribution is 6.32. The van der Waals surface area contributed by atoms with Crippen LogP contribution in [0.1, 0.15) is 52.9 Å². The fourth-order valence-corrected chi connectivity index (χ4v) is 2.37. The summed E-state index contributed by atoms with van der Waals surface area (Å²) in [6.07, 6.45) is 5.27. The average molecular weight is 255 g/mol. The van der Waals surface area contributed by atoms with Gasteiger partial charge >= 0.3 is 11.9 Å². The molecule has 0 aromatic heterocycles. The van der Waals surface area contributed by atoms with Crippen LogP contribution in [0.15, 0.2) is 0 Å². The van der Waals surface area contributed by atoms with Gasteiger partial charge in [-0.3, -0.25) is 4.79 Å². The number of amides is 1.